The van der Waals surface area contributed by atoms with E-state index in [0.717, 1.165) is 10.9 Å². The number of thiophene rings is 1. The Bertz CT molecular complexity index is 706. The molecule has 3 aromatic rings. The number of hydrogen-bond donors (Lipinski definition) is 1. The Morgan fingerprint density at radius 3 is 2.89 bits per heavy atom. The zero-order valence-electron chi connectivity index (χ0n) is 10.2. The van der Waals surface area contributed by atoms with Crippen LogP contribution in [0, 0.1) is 0 Å². The number of nitrogens with two attached hydrogens (primary N) is 1. The van der Waals surface area contributed by atoms with Gasteiger partial charge in [0.15, 0.2) is 11.3 Å². The predicted octanol–water partition coefficient (Wildman–Crippen LogP) is 4.20. The fourth-order valence-corrected chi connectivity index (χ4v) is 2.94. The number of fused-ring (bicyclic) bond motifs is 1. The number of rotatable bonds is 3. The van der Waals surface area contributed by atoms with Crippen LogP contribution in [0.5, 0.6) is 5.75 Å². The molecule has 0 aliphatic rings. The summed E-state index contributed by atoms with van der Waals surface area (Å²) in [5.41, 5.74) is 7.90. The molecule has 0 bridgehead atoms. The number of methoxy groups -OCH3 is 1. The molecule has 2 N–H and O–H groups in total. The molecule has 1 unspecified atom stereocenters. The SMILES string of the molecule is COc1cc(Cl)cc2cc(C(N)c3ccsc3)oc12. The third kappa shape index (κ3) is 2.23. The van der Waals surface area contributed by atoms with Gasteiger partial charge in [0.25, 0.3) is 0 Å². The summed E-state index contributed by atoms with van der Waals surface area (Å²) in [5.74, 6) is 1.32. The molecule has 0 radical (unpaired) electrons. The smallest absolute Gasteiger partial charge is 0.176 e. The summed E-state index contributed by atoms with van der Waals surface area (Å²) in [5, 5.41) is 5.52. The lowest BCUT2D eigenvalue weighted by Crippen LogP contribution is -2.09. The average Bonchev–Trinajstić information content (AvgIpc) is 3.05. The Hall–Kier alpha value is -1.49. The fourth-order valence-electron chi connectivity index (χ4n) is 2.03. The van der Waals surface area contributed by atoms with E-state index in [4.69, 9.17) is 26.5 Å². The first-order valence-corrected chi connectivity index (χ1v) is 7.06. The quantitative estimate of drug-likeness (QED) is 0.787. The predicted molar refractivity (Wildman–Crippen MR) is 78.1 cm³/mol. The van der Waals surface area contributed by atoms with Gasteiger partial charge >= 0.3 is 0 Å². The minimum atomic E-state index is -0.276. The molecule has 0 amide bonds. The average molecular weight is 294 g/mol. The molecule has 5 heteroatoms. The van der Waals surface area contributed by atoms with Gasteiger partial charge in [-0.2, -0.15) is 11.3 Å². The second kappa shape index (κ2) is 4.89. The lowest BCUT2D eigenvalue weighted by Gasteiger charge is -2.05. The Morgan fingerprint density at radius 1 is 1.37 bits per heavy atom. The number of ether oxygens (including phenoxy) is 1. The molecule has 2 heterocycles. The summed E-state index contributed by atoms with van der Waals surface area (Å²) in [6, 6.07) is 7.20. The number of halogens is 1. The van der Waals surface area contributed by atoms with E-state index in [-0.39, 0.29) is 6.04 Å². The fraction of sp³-hybridized carbons (Fsp3) is 0.143. The third-order valence-electron chi connectivity index (χ3n) is 2.99. The molecular formula is C14H12ClNO2S. The van der Waals surface area contributed by atoms with E-state index in [1.807, 2.05) is 29.0 Å². The molecule has 98 valence electrons. The highest BCUT2D eigenvalue weighted by atomic mass is 35.5. The maximum atomic E-state index is 6.19. The van der Waals surface area contributed by atoms with Crippen LogP contribution in [-0.2, 0) is 0 Å². The van der Waals surface area contributed by atoms with Crippen LogP contribution < -0.4 is 10.5 Å². The van der Waals surface area contributed by atoms with Crippen LogP contribution in [0.2, 0.25) is 5.02 Å². The molecular weight excluding hydrogens is 282 g/mol. The third-order valence-corrected chi connectivity index (χ3v) is 3.91. The van der Waals surface area contributed by atoms with Gasteiger partial charge in [-0.25, -0.2) is 0 Å². The van der Waals surface area contributed by atoms with Crippen molar-refractivity contribution < 1.29 is 9.15 Å². The van der Waals surface area contributed by atoms with Crippen LogP contribution in [0.25, 0.3) is 11.0 Å². The summed E-state index contributed by atoms with van der Waals surface area (Å²) < 4.78 is 11.1. The monoisotopic (exact) mass is 293 g/mol. The Morgan fingerprint density at radius 2 is 2.21 bits per heavy atom. The van der Waals surface area contributed by atoms with E-state index < -0.39 is 0 Å². The van der Waals surface area contributed by atoms with Crippen LogP contribution in [0.3, 0.4) is 0 Å². The topological polar surface area (TPSA) is 48.4 Å². The highest BCUT2D eigenvalue weighted by Gasteiger charge is 2.17. The van der Waals surface area contributed by atoms with Crippen LogP contribution in [0.15, 0.2) is 39.4 Å². The van der Waals surface area contributed by atoms with E-state index in [1.165, 1.54) is 0 Å². The van der Waals surface area contributed by atoms with Crippen molar-refractivity contribution in [2.45, 2.75) is 6.04 Å². The van der Waals surface area contributed by atoms with Gasteiger partial charge in [0.05, 0.1) is 13.2 Å². The maximum absolute atomic E-state index is 6.19. The van der Waals surface area contributed by atoms with E-state index >= 15 is 0 Å². The van der Waals surface area contributed by atoms with Crippen LogP contribution in [-0.4, -0.2) is 7.11 Å². The van der Waals surface area contributed by atoms with Gasteiger partial charge in [0, 0.05) is 16.5 Å². The summed E-state index contributed by atoms with van der Waals surface area (Å²) >= 11 is 7.65. The first kappa shape index (κ1) is 12.5. The zero-order chi connectivity index (χ0) is 13.4. The first-order chi connectivity index (χ1) is 9.19. The minimum absolute atomic E-state index is 0.276. The molecule has 0 saturated carbocycles. The van der Waals surface area contributed by atoms with Crippen molar-refractivity contribution >= 4 is 33.9 Å². The van der Waals surface area contributed by atoms with Gasteiger partial charge in [-0.05, 0) is 34.5 Å². The summed E-state index contributed by atoms with van der Waals surface area (Å²) in [7, 11) is 1.59. The van der Waals surface area contributed by atoms with Crippen molar-refractivity contribution in [1.82, 2.24) is 0 Å². The molecule has 2 aromatic heterocycles. The highest BCUT2D eigenvalue weighted by Crippen LogP contribution is 2.35. The summed E-state index contributed by atoms with van der Waals surface area (Å²) in [6.45, 7) is 0. The molecule has 19 heavy (non-hydrogen) atoms. The molecule has 1 atom stereocenters. The second-order valence-electron chi connectivity index (χ2n) is 4.21. The van der Waals surface area contributed by atoms with Gasteiger partial charge in [-0.3, -0.25) is 0 Å². The van der Waals surface area contributed by atoms with Gasteiger partial charge in [-0.1, -0.05) is 11.6 Å². The van der Waals surface area contributed by atoms with Crippen molar-refractivity contribution in [2.24, 2.45) is 5.73 Å². The summed E-state index contributed by atoms with van der Waals surface area (Å²) in [6.07, 6.45) is 0. The first-order valence-electron chi connectivity index (χ1n) is 5.73. The molecule has 0 fully saturated rings. The van der Waals surface area contributed by atoms with Crippen LogP contribution >= 0.6 is 22.9 Å². The lowest BCUT2D eigenvalue weighted by molar-refractivity contribution is 0.406. The molecule has 0 aliphatic carbocycles. The number of hydrogen-bond acceptors (Lipinski definition) is 4. The van der Waals surface area contributed by atoms with Gasteiger partial charge in [0.2, 0.25) is 0 Å². The molecule has 0 saturated heterocycles. The van der Waals surface area contributed by atoms with Crippen LogP contribution in [0.4, 0.5) is 0 Å². The standard InChI is InChI=1S/C14H12ClNO2S/c1-17-12-6-10(15)4-9-5-11(18-14(9)12)13(16)8-2-3-19-7-8/h2-7,13H,16H2,1H3. The van der Waals surface area contributed by atoms with E-state index in [9.17, 15) is 0 Å². The van der Waals surface area contributed by atoms with E-state index in [2.05, 4.69) is 0 Å². The lowest BCUT2D eigenvalue weighted by atomic mass is 10.1. The van der Waals surface area contributed by atoms with Crippen LogP contribution in [0.1, 0.15) is 17.4 Å². The van der Waals surface area contributed by atoms with Gasteiger partial charge < -0.3 is 14.9 Å². The Balaban J connectivity index is 2.11. The Kier molecular flexibility index (Phi) is 3.22. The van der Waals surface area contributed by atoms with Gasteiger partial charge in [-0.15, -0.1) is 0 Å². The van der Waals surface area contributed by atoms with Crippen molar-refractivity contribution in [3.05, 3.63) is 51.4 Å². The van der Waals surface area contributed by atoms with Crippen molar-refractivity contribution in [1.29, 1.82) is 0 Å². The molecule has 3 nitrogen and oxygen atoms in total. The van der Waals surface area contributed by atoms with Crippen molar-refractivity contribution in [3.8, 4) is 5.75 Å². The number of furan rings is 1. The van der Waals surface area contributed by atoms with Crippen molar-refractivity contribution in [3.63, 3.8) is 0 Å². The summed E-state index contributed by atoms with van der Waals surface area (Å²) in [4.78, 5) is 0. The van der Waals surface area contributed by atoms with E-state index in [1.54, 1.807) is 24.5 Å². The van der Waals surface area contributed by atoms with E-state index in [0.29, 0.717) is 22.1 Å². The highest BCUT2D eigenvalue weighted by molar-refractivity contribution is 7.08. The van der Waals surface area contributed by atoms with Gasteiger partial charge in [0.1, 0.15) is 5.76 Å². The molecule has 1 aromatic carbocycles. The minimum Gasteiger partial charge on any atom is -0.493 e. The van der Waals surface area contributed by atoms with Crippen molar-refractivity contribution in [2.75, 3.05) is 7.11 Å². The molecule has 0 aliphatic heterocycles. The molecule has 3 rings (SSSR count). The molecule has 0 spiro atoms. The normalized spacial score (nSPS) is 12.8. The zero-order valence-corrected chi connectivity index (χ0v) is 11.8. The number of benzene rings is 1. The maximum Gasteiger partial charge on any atom is 0.176 e. The second-order valence-corrected chi connectivity index (χ2v) is 5.43. The Labute approximate surface area is 119 Å². The largest absolute Gasteiger partial charge is 0.493 e.